The number of hydrogen-bond acceptors (Lipinski definition) is 2. The van der Waals surface area contributed by atoms with Crippen LogP contribution in [-0.2, 0) is 6.54 Å². The van der Waals surface area contributed by atoms with Crippen molar-refractivity contribution in [2.45, 2.75) is 6.54 Å². The van der Waals surface area contributed by atoms with Crippen LogP contribution in [0.1, 0.15) is 5.56 Å². The molecule has 0 aliphatic heterocycles. The van der Waals surface area contributed by atoms with Crippen LogP contribution < -0.4 is 10.5 Å². The van der Waals surface area contributed by atoms with Gasteiger partial charge in [0.05, 0.1) is 12.1 Å². The van der Waals surface area contributed by atoms with Crippen molar-refractivity contribution in [1.29, 1.82) is 0 Å². The molecule has 0 amide bonds. The number of ether oxygens (including phenoxy) is 1. The molecule has 0 atom stereocenters. The van der Waals surface area contributed by atoms with E-state index in [1.54, 1.807) is 7.11 Å². The maximum atomic E-state index is 5.90. The van der Waals surface area contributed by atoms with Gasteiger partial charge in [0.1, 0.15) is 5.75 Å². The van der Waals surface area contributed by atoms with Crippen molar-refractivity contribution in [3.05, 3.63) is 28.8 Å². The topological polar surface area (TPSA) is 35.2 Å². The molecular formula is C8H11Cl2NO. The number of halogens is 2. The van der Waals surface area contributed by atoms with Crippen LogP contribution in [0.15, 0.2) is 18.2 Å². The van der Waals surface area contributed by atoms with Crippen molar-refractivity contribution < 1.29 is 4.74 Å². The Morgan fingerprint density at radius 1 is 1.50 bits per heavy atom. The van der Waals surface area contributed by atoms with Crippen molar-refractivity contribution in [3.63, 3.8) is 0 Å². The summed E-state index contributed by atoms with van der Waals surface area (Å²) < 4.78 is 5.00. The predicted octanol–water partition coefficient (Wildman–Crippen LogP) is 2.23. The molecule has 0 spiro atoms. The summed E-state index contributed by atoms with van der Waals surface area (Å²) in [5, 5.41) is 0.609. The van der Waals surface area contributed by atoms with Crippen molar-refractivity contribution in [2.24, 2.45) is 5.73 Å². The molecule has 0 fully saturated rings. The van der Waals surface area contributed by atoms with E-state index in [1.807, 2.05) is 18.2 Å². The molecular weight excluding hydrogens is 197 g/mol. The van der Waals surface area contributed by atoms with Gasteiger partial charge in [-0.1, -0.05) is 23.7 Å². The van der Waals surface area contributed by atoms with Gasteiger partial charge in [-0.15, -0.1) is 12.4 Å². The summed E-state index contributed by atoms with van der Waals surface area (Å²) in [6, 6.07) is 5.55. The van der Waals surface area contributed by atoms with Crippen molar-refractivity contribution in [2.75, 3.05) is 7.11 Å². The molecule has 68 valence electrons. The summed E-state index contributed by atoms with van der Waals surface area (Å²) in [4.78, 5) is 0. The highest BCUT2D eigenvalue weighted by atomic mass is 35.5. The lowest BCUT2D eigenvalue weighted by molar-refractivity contribution is 0.414. The SMILES string of the molecule is COc1cccc(CN)c1Cl.Cl. The molecule has 0 radical (unpaired) electrons. The van der Waals surface area contributed by atoms with Crippen LogP contribution >= 0.6 is 24.0 Å². The Morgan fingerprint density at radius 2 is 2.17 bits per heavy atom. The van der Waals surface area contributed by atoms with Crippen LogP contribution in [0, 0.1) is 0 Å². The lowest BCUT2D eigenvalue weighted by atomic mass is 10.2. The first-order valence-electron chi connectivity index (χ1n) is 3.31. The minimum absolute atomic E-state index is 0. The summed E-state index contributed by atoms with van der Waals surface area (Å²) in [5.74, 6) is 0.676. The molecule has 0 aromatic heterocycles. The first-order valence-corrected chi connectivity index (χ1v) is 3.69. The van der Waals surface area contributed by atoms with Gasteiger partial charge < -0.3 is 10.5 Å². The molecule has 0 bridgehead atoms. The van der Waals surface area contributed by atoms with E-state index in [2.05, 4.69) is 0 Å². The molecule has 0 saturated carbocycles. The van der Waals surface area contributed by atoms with E-state index in [9.17, 15) is 0 Å². The van der Waals surface area contributed by atoms with Gasteiger partial charge in [0.25, 0.3) is 0 Å². The van der Waals surface area contributed by atoms with E-state index in [1.165, 1.54) is 0 Å². The number of hydrogen-bond donors (Lipinski definition) is 1. The van der Waals surface area contributed by atoms with Crippen LogP contribution in [0.25, 0.3) is 0 Å². The van der Waals surface area contributed by atoms with Gasteiger partial charge in [0.15, 0.2) is 0 Å². The zero-order valence-corrected chi connectivity index (χ0v) is 8.28. The Kier molecular flexibility index (Phi) is 5.06. The number of methoxy groups -OCH3 is 1. The average molecular weight is 208 g/mol. The Labute approximate surface area is 83.1 Å². The standard InChI is InChI=1S/C8H10ClNO.ClH/c1-11-7-4-2-3-6(5-10)8(7)9;/h2-4H,5,10H2,1H3;1H. The molecule has 2 nitrogen and oxygen atoms in total. The predicted molar refractivity (Wildman–Crippen MR) is 53.1 cm³/mol. The largest absolute Gasteiger partial charge is 0.495 e. The van der Waals surface area contributed by atoms with E-state index < -0.39 is 0 Å². The monoisotopic (exact) mass is 207 g/mol. The second-order valence-corrected chi connectivity index (χ2v) is 2.52. The lowest BCUT2D eigenvalue weighted by Crippen LogP contribution is -1.97. The fourth-order valence-electron chi connectivity index (χ4n) is 0.872. The third kappa shape index (κ3) is 2.27. The molecule has 1 rings (SSSR count). The van der Waals surface area contributed by atoms with Gasteiger partial charge in [-0.05, 0) is 11.6 Å². The third-order valence-corrected chi connectivity index (χ3v) is 1.91. The fraction of sp³-hybridized carbons (Fsp3) is 0.250. The Balaban J connectivity index is 0.00000121. The summed E-state index contributed by atoms with van der Waals surface area (Å²) in [6.45, 7) is 0.441. The molecule has 12 heavy (non-hydrogen) atoms. The zero-order chi connectivity index (χ0) is 8.27. The van der Waals surface area contributed by atoms with E-state index in [4.69, 9.17) is 22.1 Å². The fourth-order valence-corrected chi connectivity index (χ4v) is 1.15. The molecule has 1 aromatic rings. The molecule has 1 aromatic carbocycles. The van der Waals surface area contributed by atoms with E-state index >= 15 is 0 Å². The van der Waals surface area contributed by atoms with Crippen molar-refractivity contribution >= 4 is 24.0 Å². The second-order valence-electron chi connectivity index (χ2n) is 2.14. The Hall–Kier alpha value is -0.440. The number of rotatable bonds is 2. The highest BCUT2D eigenvalue weighted by Crippen LogP contribution is 2.26. The van der Waals surface area contributed by atoms with Crippen LogP contribution in [0.5, 0.6) is 5.75 Å². The van der Waals surface area contributed by atoms with Gasteiger partial charge in [-0.2, -0.15) is 0 Å². The maximum Gasteiger partial charge on any atom is 0.137 e. The lowest BCUT2D eigenvalue weighted by Gasteiger charge is -2.05. The zero-order valence-electron chi connectivity index (χ0n) is 6.71. The molecule has 4 heteroatoms. The summed E-state index contributed by atoms with van der Waals surface area (Å²) in [5.41, 5.74) is 6.34. The van der Waals surface area contributed by atoms with Crippen LogP contribution in [0.3, 0.4) is 0 Å². The Morgan fingerprint density at radius 3 is 2.67 bits per heavy atom. The second kappa shape index (κ2) is 5.25. The number of benzene rings is 1. The quantitative estimate of drug-likeness (QED) is 0.808. The summed E-state index contributed by atoms with van der Waals surface area (Å²) >= 11 is 5.90. The average Bonchev–Trinajstić information content (AvgIpc) is 2.05. The first-order chi connectivity index (χ1) is 5.29. The highest BCUT2D eigenvalue weighted by molar-refractivity contribution is 6.32. The van der Waals surface area contributed by atoms with E-state index in [-0.39, 0.29) is 12.4 Å². The summed E-state index contributed by atoms with van der Waals surface area (Å²) in [7, 11) is 1.58. The normalized spacial score (nSPS) is 8.92. The molecule has 0 aliphatic carbocycles. The highest BCUT2D eigenvalue weighted by Gasteiger charge is 2.02. The molecule has 0 unspecified atom stereocenters. The molecule has 0 heterocycles. The molecule has 0 aliphatic rings. The van der Waals surface area contributed by atoms with Crippen LogP contribution in [0.2, 0.25) is 5.02 Å². The minimum Gasteiger partial charge on any atom is -0.495 e. The van der Waals surface area contributed by atoms with Gasteiger partial charge in [0.2, 0.25) is 0 Å². The van der Waals surface area contributed by atoms with Crippen molar-refractivity contribution in [1.82, 2.24) is 0 Å². The van der Waals surface area contributed by atoms with E-state index in [0.717, 1.165) is 5.56 Å². The van der Waals surface area contributed by atoms with Crippen LogP contribution in [-0.4, -0.2) is 7.11 Å². The minimum atomic E-state index is 0. The van der Waals surface area contributed by atoms with Crippen molar-refractivity contribution in [3.8, 4) is 5.75 Å². The van der Waals surface area contributed by atoms with E-state index in [0.29, 0.717) is 17.3 Å². The molecule has 0 saturated heterocycles. The van der Waals surface area contributed by atoms with Gasteiger partial charge >= 0.3 is 0 Å². The van der Waals surface area contributed by atoms with Gasteiger partial charge in [-0.25, -0.2) is 0 Å². The Bertz CT molecular complexity index is 231. The van der Waals surface area contributed by atoms with Crippen LogP contribution in [0.4, 0.5) is 0 Å². The number of nitrogens with two attached hydrogens (primary N) is 1. The smallest absolute Gasteiger partial charge is 0.137 e. The summed E-state index contributed by atoms with van der Waals surface area (Å²) in [6.07, 6.45) is 0. The third-order valence-electron chi connectivity index (χ3n) is 1.48. The maximum absolute atomic E-state index is 5.90. The van der Waals surface area contributed by atoms with Gasteiger partial charge in [0, 0.05) is 6.54 Å². The molecule has 2 N–H and O–H groups in total. The first kappa shape index (κ1) is 11.6. The van der Waals surface area contributed by atoms with Gasteiger partial charge in [-0.3, -0.25) is 0 Å².